The van der Waals surface area contributed by atoms with E-state index in [1.165, 1.54) is 0 Å². The fourth-order valence-corrected chi connectivity index (χ4v) is 3.41. The molecule has 27 heavy (non-hydrogen) atoms. The quantitative estimate of drug-likeness (QED) is 0.848. The number of likely N-dealkylation sites (tertiary alicyclic amines) is 1. The Morgan fingerprint density at radius 3 is 2.59 bits per heavy atom. The fourth-order valence-electron chi connectivity index (χ4n) is 3.28. The number of piperidine rings is 1. The smallest absolute Gasteiger partial charge is 0.287 e. The van der Waals surface area contributed by atoms with E-state index in [-0.39, 0.29) is 11.7 Å². The number of furan rings is 1. The SMILES string of the molecule is Cc1nn(Cc2ccc(C(=O)N[C@H](C)C(=O)N3CCCCC3)o2)c(C)c1Cl. The lowest BCUT2D eigenvalue weighted by Gasteiger charge is -2.29. The van der Waals surface area contributed by atoms with Crippen LogP contribution in [0.15, 0.2) is 16.5 Å². The Labute approximate surface area is 163 Å². The lowest BCUT2D eigenvalue weighted by atomic mass is 10.1. The van der Waals surface area contributed by atoms with Crippen LogP contribution < -0.4 is 5.32 Å². The molecule has 0 aliphatic carbocycles. The third kappa shape index (κ3) is 4.35. The molecule has 7 nitrogen and oxygen atoms in total. The number of aryl methyl sites for hydroxylation is 1. The molecular formula is C19H25ClN4O3. The molecule has 1 aliphatic heterocycles. The Kier molecular flexibility index (Phi) is 5.89. The summed E-state index contributed by atoms with van der Waals surface area (Å²) in [5, 5.41) is 7.71. The molecule has 146 valence electrons. The molecule has 3 heterocycles. The van der Waals surface area contributed by atoms with Gasteiger partial charge in [0.15, 0.2) is 5.76 Å². The van der Waals surface area contributed by atoms with Crippen molar-refractivity contribution in [1.82, 2.24) is 20.0 Å². The van der Waals surface area contributed by atoms with Crippen LogP contribution in [0.1, 0.15) is 53.9 Å². The minimum atomic E-state index is -0.584. The van der Waals surface area contributed by atoms with Crippen molar-refractivity contribution in [2.75, 3.05) is 13.1 Å². The predicted octanol–water partition coefficient (Wildman–Crippen LogP) is 2.93. The number of nitrogens with zero attached hydrogens (tertiary/aromatic N) is 3. The maximum atomic E-state index is 12.4. The summed E-state index contributed by atoms with van der Waals surface area (Å²) in [6.45, 7) is 7.33. The van der Waals surface area contributed by atoms with Crippen molar-refractivity contribution in [3.63, 3.8) is 0 Å². The second kappa shape index (κ2) is 8.17. The molecule has 1 atom stereocenters. The normalized spacial score (nSPS) is 15.6. The lowest BCUT2D eigenvalue weighted by Crippen LogP contribution is -2.48. The molecule has 0 saturated carbocycles. The molecule has 2 aromatic heterocycles. The average Bonchev–Trinajstić information content (AvgIpc) is 3.23. The third-order valence-corrected chi connectivity index (χ3v) is 5.42. The van der Waals surface area contributed by atoms with E-state index >= 15 is 0 Å². The van der Waals surface area contributed by atoms with Gasteiger partial charge in [0, 0.05) is 13.1 Å². The minimum absolute atomic E-state index is 0.0490. The molecule has 1 saturated heterocycles. The van der Waals surface area contributed by atoms with Crippen molar-refractivity contribution in [2.24, 2.45) is 0 Å². The predicted molar refractivity (Wildman–Crippen MR) is 102 cm³/mol. The Morgan fingerprint density at radius 1 is 1.26 bits per heavy atom. The number of amides is 2. The van der Waals surface area contributed by atoms with E-state index < -0.39 is 11.9 Å². The van der Waals surface area contributed by atoms with Crippen LogP contribution in [0.3, 0.4) is 0 Å². The molecule has 0 unspecified atom stereocenters. The zero-order chi connectivity index (χ0) is 19.6. The van der Waals surface area contributed by atoms with Gasteiger partial charge in [0.2, 0.25) is 5.91 Å². The van der Waals surface area contributed by atoms with Crippen LogP contribution in [0.4, 0.5) is 0 Å². The van der Waals surface area contributed by atoms with E-state index in [0.29, 0.717) is 17.3 Å². The van der Waals surface area contributed by atoms with Crippen LogP contribution in [0, 0.1) is 13.8 Å². The second-order valence-corrected chi connectivity index (χ2v) is 7.37. The van der Waals surface area contributed by atoms with E-state index in [1.807, 2.05) is 18.7 Å². The summed E-state index contributed by atoms with van der Waals surface area (Å²) in [5.41, 5.74) is 1.60. The summed E-state index contributed by atoms with van der Waals surface area (Å²) in [6.07, 6.45) is 3.19. The van der Waals surface area contributed by atoms with Gasteiger partial charge in [-0.05, 0) is 52.2 Å². The van der Waals surface area contributed by atoms with E-state index in [0.717, 1.165) is 43.7 Å². The van der Waals surface area contributed by atoms with Crippen molar-refractivity contribution >= 4 is 23.4 Å². The zero-order valence-electron chi connectivity index (χ0n) is 15.9. The topological polar surface area (TPSA) is 80.4 Å². The van der Waals surface area contributed by atoms with Crippen LogP contribution in [-0.2, 0) is 11.3 Å². The van der Waals surface area contributed by atoms with Gasteiger partial charge in [-0.3, -0.25) is 14.3 Å². The average molecular weight is 393 g/mol. The van der Waals surface area contributed by atoms with Gasteiger partial charge in [0.05, 0.1) is 23.0 Å². The number of carbonyl (C=O) groups excluding carboxylic acids is 2. The highest BCUT2D eigenvalue weighted by Gasteiger charge is 2.24. The Bertz CT molecular complexity index is 836. The first-order valence-electron chi connectivity index (χ1n) is 9.24. The van der Waals surface area contributed by atoms with Crippen LogP contribution in [0.5, 0.6) is 0 Å². The standard InChI is InChI=1S/C19H25ClN4O3/c1-12-17(20)14(3)24(22-12)11-15-7-8-16(27-15)18(25)21-13(2)19(26)23-9-5-4-6-10-23/h7-8,13H,4-6,9-11H2,1-3H3,(H,21,25)/t13-/m1/s1. The first kappa shape index (κ1) is 19.5. The van der Waals surface area contributed by atoms with Gasteiger partial charge in [0.25, 0.3) is 5.91 Å². The van der Waals surface area contributed by atoms with E-state index in [4.69, 9.17) is 16.0 Å². The molecule has 0 radical (unpaired) electrons. The van der Waals surface area contributed by atoms with Crippen LogP contribution in [0.25, 0.3) is 0 Å². The zero-order valence-corrected chi connectivity index (χ0v) is 16.7. The van der Waals surface area contributed by atoms with Gasteiger partial charge in [-0.15, -0.1) is 0 Å². The lowest BCUT2D eigenvalue weighted by molar-refractivity contribution is -0.133. The molecule has 3 rings (SSSR count). The highest BCUT2D eigenvalue weighted by atomic mass is 35.5. The highest BCUT2D eigenvalue weighted by molar-refractivity contribution is 6.31. The molecule has 1 fully saturated rings. The van der Waals surface area contributed by atoms with E-state index in [9.17, 15) is 9.59 Å². The van der Waals surface area contributed by atoms with Crippen molar-refractivity contribution in [1.29, 1.82) is 0 Å². The Hall–Kier alpha value is -2.28. The molecule has 8 heteroatoms. The summed E-state index contributed by atoms with van der Waals surface area (Å²) in [7, 11) is 0. The van der Waals surface area contributed by atoms with Crippen molar-refractivity contribution in [3.8, 4) is 0 Å². The van der Waals surface area contributed by atoms with Gasteiger partial charge in [-0.2, -0.15) is 5.10 Å². The minimum Gasteiger partial charge on any atom is -0.454 e. The summed E-state index contributed by atoms with van der Waals surface area (Å²) in [5.74, 6) is 0.325. The van der Waals surface area contributed by atoms with Gasteiger partial charge in [-0.1, -0.05) is 11.6 Å². The van der Waals surface area contributed by atoms with Gasteiger partial charge in [-0.25, -0.2) is 0 Å². The molecule has 2 amide bonds. The molecule has 0 aromatic carbocycles. The number of carbonyl (C=O) groups is 2. The molecule has 1 N–H and O–H groups in total. The van der Waals surface area contributed by atoms with Crippen LogP contribution in [0.2, 0.25) is 5.02 Å². The highest BCUT2D eigenvalue weighted by Crippen LogP contribution is 2.20. The van der Waals surface area contributed by atoms with Crippen molar-refractivity contribution < 1.29 is 14.0 Å². The second-order valence-electron chi connectivity index (χ2n) is 6.99. The summed E-state index contributed by atoms with van der Waals surface area (Å²) < 4.78 is 7.38. The molecule has 0 bridgehead atoms. The molecule has 1 aliphatic rings. The van der Waals surface area contributed by atoms with Crippen molar-refractivity contribution in [3.05, 3.63) is 40.1 Å². The maximum Gasteiger partial charge on any atom is 0.287 e. The number of nitrogens with one attached hydrogen (secondary N) is 1. The van der Waals surface area contributed by atoms with Crippen molar-refractivity contribution in [2.45, 2.75) is 52.6 Å². The van der Waals surface area contributed by atoms with Gasteiger partial charge in [0.1, 0.15) is 11.8 Å². The molecule has 2 aromatic rings. The number of hydrogen-bond donors (Lipinski definition) is 1. The number of aromatic nitrogens is 2. The Balaban J connectivity index is 1.60. The van der Waals surface area contributed by atoms with Gasteiger partial charge >= 0.3 is 0 Å². The summed E-state index contributed by atoms with van der Waals surface area (Å²) in [4.78, 5) is 26.7. The summed E-state index contributed by atoms with van der Waals surface area (Å²) in [6, 6.07) is 2.76. The van der Waals surface area contributed by atoms with E-state index in [2.05, 4.69) is 10.4 Å². The third-order valence-electron chi connectivity index (χ3n) is 4.87. The first-order chi connectivity index (χ1) is 12.9. The molecular weight excluding hydrogens is 368 g/mol. The number of rotatable bonds is 5. The monoisotopic (exact) mass is 392 g/mol. The van der Waals surface area contributed by atoms with E-state index in [1.54, 1.807) is 23.7 Å². The number of halogens is 1. The van der Waals surface area contributed by atoms with Crippen LogP contribution in [-0.4, -0.2) is 45.6 Å². The first-order valence-corrected chi connectivity index (χ1v) is 9.62. The fraction of sp³-hybridized carbons (Fsp3) is 0.526. The summed E-state index contributed by atoms with van der Waals surface area (Å²) >= 11 is 6.16. The molecule has 0 spiro atoms. The van der Waals surface area contributed by atoms with Gasteiger partial charge < -0.3 is 14.6 Å². The largest absolute Gasteiger partial charge is 0.454 e. The van der Waals surface area contributed by atoms with Crippen LogP contribution >= 0.6 is 11.6 Å². The Morgan fingerprint density at radius 2 is 1.96 bits per heavy atom. The number of hydrogen-bond acceptors (Lipinski definition) is 4. The maximum absolute atomic E-state index is 12.4.